The van der Waals surface area contributed by atoms with Crippen molar-refractivity contribution < 1.29 is 9.90 Å². The van der Waals surface area contributed by atoms with E-state index >= 15 is 0 Å². The van der Waals surface area contributed by atoms with Crippen molar-refractivity contribution in [1.29, 1.82) is 0 Å². The van der Waals surface area contributed by atoms with Crippen LogP contribution in [0.1, 0.15) is 11.5 Å². The van der Waals surface area contributed by atoms with E-state index in [0.29, 0.717) is 0 Å². The van der Waals surface area contributed by atoms with Gasteiger partial charge in [-0.15, -0.1) is 12.4 Å². The summed E-state index contributed by atoms with van der Waals surface area (Å²) in [5.74, 6) is -1.49. The number of rotatable bonds is 3. The monoisotopic (exact) mass is 279 g/mol. The summed E-state index contributed by atoms with van der Waals surface area (Å²) in [6, 6.07) is 7.13. The number of hydrogen-bond donors (Lipinski definition) is 2. The predicted octanol–water partition coefficient (Wildman–Crippen LogP) is 2.00. The van der Waals surface area contributed by atoms with E-state index in [2.05, 4.69) is 15.9 Å². The average Bonchev–Trinajstić information content (AvgIpc) is 2.09. The molecule has 0 spiro atoms. The molecule has 1 aromatic carbocycles. The zero-order chi connectivity index (χ0) is 9.84. The third kappa shape index (κ3) is 3.29. The molecule has 1 aromatic rings. The van der Waals surface area contributed by atoms with Crippen molar-refractivity contribution in [2.45, 2.75) is 5.92 Å². The minimum absolute atomic E-state index is 0. The standard InChI is InChI=1S/C9H10BrNO2.ClH/c10-7-3-1-6(2-4-7)8(5-11)9(12)13;/h1-4,8H,5,11H2,(H,12,13);1H. The molecule has 3 nitrogen and oxygen atoms in total. The Morgan fingerprint density at radius 3 is 2.29 bits per heavy atom. The topological polar surface area (TPSA) is 63.3 Å². The van der Waals surface area contributed by atoms with E-state index < -0.39 is 11.9 Å². The van der Waals surface area contributed by atoms with Crippen LogP contribution >= 0.6 is 28.3 Å². The van der Waals surface area contributed by atoms with Gasteiger partial charge in [-0.05, 0) is 17.7 Å². The van der Waals surface area contributed by atoms with Crippen molar-refractivity contribution in [3.63, 3.8) is 0 Å². The maximum Gasteiger partial charge on any atom is 0.312 e. The molecule has 14 heavy (non-hydrogen) atoms. The van der Waals surface area contributed by atoms with Gasteiger partial charge >= 0.3 is 5.97 Å². The predicted molar refractivity (Wildman–Crippen MR) is 60.8 cm³/mol. The summed E-state index contributed by atoms with van der Waals surface area (Å²) >= 11 is 3.27. The number of nitrogens with two attached hydrogens (primary N) is 1. The molecule has 5 heteroatoms. The second kappa shape index (κ2) is 6.01. The zero-order valence-electron chi connectivity index (χ0n) is 7.31. The number of hydrogen-bond acceptors (Lipinski definition) is 2. The summed E-state index contributed by atoms with van der Waals surface area (Å²) < 4.78 is 0.928. The third-order valence-corrected chi connectivity index (χ3v) is 2.33. The van der Waals surface area contributed by atoms with E-state index in [4.69, 9.17) is 10.8 Å². The number of halogens is 2. The van der Waals surface area contributed by atoms with Crippen LogP contribution in [0.25, 0.3) is 0 Å². The number of carboxylic acids is 1. The molecule has 0 aliphatic heterocycles. The molecule has 1 unspecified atom stereocenters. The van der Waals surface area contributed by atoms with Gasteiger partial charge in [-0.1, -0.05) is 28.1 Å². The van der Waals surface area contributed by atoms with Crippen LogP contribution in [0, 0.1) is 0 Å². The van der Waals surface area contributed by atoms with E-state index in [1.54, 1.807) is 24.3 Å². The van der Waals surface area contributed by atoms with Crippen LogP contribution in [-0.4, -0.2) is 17.6 Å². The van der Waals surface area contributed by atoms with Crippen molar-refractivity contribution in [2.24, 2.45) is 5.73 Å². The highest BCUT2D eigenvalue weighted by Gasteiger charge is 2.16. The van der Waals surface area contributed by atoms with Crippen LogP contribution in [0.5, 0.6) is 0 Å². The minimum Gasteiger partial charge on any atom is -0.481 e. The molecule has 0 saturated heterocycles. The van der Waals surface area contributed by atoms with Gasteiger partial charge in [0.1, 0.15) is 0 Å². The fourth-order valence-electron chi connectivity index (χ4n) is 1.07. The number of carboxylic acid groups (broad SMARTS) is 1. The summed E-state index contributed by atoms with van der Waals surface area (Å²) in [5, 5.41) is 8.80. The molecule has 1 rings (SSSR count). The van der Waals surface area contributed by atoms with Crippen LogP contribution in [0.4, 0.5) is 0 Å². The maximum atomic E-state index is 10.7. The fraction of sp³-hybridized carbons (Fsp3) is 0.222. The molecule has 1 atom stereocenters. The van der Waals surface area contributed by atoms with Gasteiger partial charge in [-0.2, -0.15) is 0 Å². The first-order chi connectivity index (χ1) is 6.15. The van der Waals surface area contributed by atoms with Gasteiger partial charge in [0.05, 0.1) is 5.92 Å². The molecular formula is C9H11BrClNO2. The van der Waals surface area contributed by atoms with Gasteiger partial charge in [-0.3, -0.25) is 4.79 Å². The van der Waals surface area contributed by atoms with Crippen LogP contribution in [0.15, 0.2) is 28.7 Å². The van der Waals surface area contributed by atoms with Gasteiger partial charge in [0, 0.05) is 11.0 Å². The van der Waals surface area contributed by atoms with Crippen LogP contribution < -0.4 is 5.73 Å². The Kier molecular flexibility index (Phi) is 5.76. The van der Waals surface area contributed by atoms with E-state index in [-0.39, 0.29) is 19.0 Å². The highest BCUT2D eigenvalue weighted by atomic mass is 79.9. The lowest BCUT2D eigenvalue weighted by atomic mass is 10.00. The van der Waals surface area contributed by atoms with E-state index in [9.17, 15) is 4.79 Å². The van der Waals surface area contributed by atoms with Gasteiger partial charge in [0.2, 0.25) is 0 Å². The largest absolute Gasteiger partial charge is 0.481 e. The molecule has 0 bridgehead atoms. The first-order valence-electron chi connectivity index (χ1n) is 3.83. The minimum atomic E-state index is -0.884. The van der Waals surface area contributed by atoms with Crippen molar-refractivity contribution >= 4 is 34.3 Å². The number of aliphatic carboxylic acids is 1. The molecule has 0 aliphatic rings. The lowest BCUT2D eigenvalue weighted by Gasteiger charge is -2.09. The Labute approximate surface area is 96.8 Å². The Morgan fingerprint density at radius 2 is 1.93 bits per heavy atom. The first kappa shape index (κ1) is 13.4. The average molecular weight is 281 g/mol. The van der Waals surface area contributed by atoms with Gasteiger partial charge < -0.3 is 10.8 Å². The van der Waals surface area contributed by atoms with Crippen molar-refractivity contribution in [1.82, 2.24) is 0 Å². The van der Waals surface area contributed by atoms with Gasteiger partial charge in [0.15, 0.2) is 0 Å². The van der Waals surface area contributed by atoms with E-state index in [1.807, 2.05) is 0 Å². The Morgan fingerprint density at radius 1 is 1.43 bits per heavy atom. The zero-order valence-corrected chi connectivity index (χ0v) is 9.72. The smallest absolute Gasteiger partial charge is 0.312 e. The Bertz CT molecular complexity index is 302. The second-order valence-electron chi connectivity index (χ2n) is 2.68. The Balaban J connectivity index is 0.00000169. The van der Waals surface area contributed by atoms with Gasteiger partial charge in [0.25, 0.3) is 0 Å². The first-order valence-corrected chi connectivity index (χ1v) is 4.62. The molecule has 0 saturated carbocycles. The molecular weight excluding hydrogens is 269 g/mol. The Hall–Kier alpha value is -0.580. The molecule has 78 valence electrons. The summed E-state index contributed by atoms with van der Waals surface area (Å²) in [6.07, 6.45) is 0. The van der Waals surface area contributed by atoms with Crippen molar-refractivity contribution in [3.05, 3.63) is 34.3 Å². The van der Waals surface area contributed by atoms with E-state index in [0.717, 1.165) is 10.0 Å². The summed E-state index contributed by atoms with van der Waals surface area (Å²) in [4.78, 5) is 10.7. The number of carbonyl (C=O) groups is 1. The molecule has 3 N–H and O–H groups in total. The summed E-state index contributed by atoms with van der Waals surface area (Å²) in [6.45, 7) is 0.122. The summed E-state index contributed by atoms with van der Waals surface area (Å²) in [5.41, 5.74) is 6.09. The van der Waals surface area contributed by atoms with Crippen molar-refractivity contribution in [2.75, 3.05) is 6.54 Å². The lowest BCUT2D eigenvalue weighted by Crippen LogP contribution is -2.20. The molecule has 0 heterocycles. The molecule has 0 fully saturated rings. The highest BCUT2D eigenvalue weighted by molar-refractivity contribution is 9.10. The quantitative estimate of drug-likeness (QED) is 0.890. The molecule has 0 amide bonds. The SMILES string of the molecule is Cl.NCC(C(=O)O)c1ccc(Br)cc1. The van der Waals surface area contributed by atoms with E-state index in [1.165, 1.54) is 0 Å². The second-order valence-corrected chi connectivity index (χ2v) is 3.59. The van der Waals surface area contributed by atoms with Crippen molar-refractivity contribution in [3.8, 4) is 0 Å². The maximum absolute atomic E-state index is 10.7. The third-order valence-electron chi connectivity index (χ3n) is 1.81. The van der Waals surface area contributed by atoms with Gasteiger partial charge in [-0.25, -0.2) is 0 Å². The molecule has 0 radical (unpaired) electrons. The summed E-state index contributed by atoms with van der Waals surface area (Å²) in [7, 11) is 0. The molecule has 0 aliphatic carbocycles. The number of benzene rings is 1. The highest BCUT2D eigenvalue weighted by Crippen LogP contribution is 2.17. The van der Waals surface area contributed by atoms with Crippen LogP contribution in [-0.2, 0) is 4.79 Å². The fourth-order valence-corrected chi connectivity index (χ4v) is 1.34. The normalized spacial score (nSPS) is 11.6. The lowest BCUT2D eigenvalue weighted by molar-refractivity contribution is -0.138. The van der Waals surface area contributed by atoms with Crippen LogP contribution in [0.2, 0.25) is 0 Å². The molecule has 0 aromatic heterocycles. The van der Waals surface area contributed by atoms with Crippen LogP contribution in [0.3, 0.4) is 0 Å².